The summed E-state index contributed by atoms with van der Waals surface area (Å²) in [5, 5.41) is 2.70. The Balaban J connectivity index is 1.56. The van der Waals surface area contributed by atoms with E-state index in [1.165, 1.54) is 12.1 Å². The number of carbonyl (C=O) groups is 2. The van der Waals surface area contributed by atoms with Gasteiger partial charge in [-0.05, 0) is 47.4 Å². The second-order valence-corrected chi connectivity index (χ2v) is 6.62. The number of hydrogen-bond acceptors (Lipinski definition) is 4. The van der Waals surface area contributed by atoms with E-state index in [2.05, 4.69) is 5.32 Å². The van der Waals surface area contributed by atoms with Crippen LogP contribution in [0, 0.1) is 5.82 Å². The molecule has 0 unspecified atom stereocenters. The zero-order valence-electron chi connectivity index (χ0n) is 16.0. The van der Waals surface area contributed by atoms with Gasteiger partial charge in [-0.2, -0.15) is 0 Å². The SMILES string of the molecule is COc1cc2c(cc1OC)CN(C(=O)CC(=O)NCc1ccc(F)cc1)CC2. The predicted molar refractivity (Wildman–Crippen MR) is 102 cm³/mol. The molecule has 2 aromatic rings. The topological polar surface area (TPSA) is 67.9 Å². The molecule has 0 spiro atoms. The highest BCUT2D eigenvalue weighted by Gasteiger charge is 2.24. The zero-order valence-corrected chi connectivity index (χ0v) is 16.0. The first-order valence-electron chi connectivity index (χ1n) is 9.03. The first-order chi connectivity index (χ1) is 13.5. The van der Waals surface area contributed by atoms with Gasteiger partial charge in [-0.1, -0.05) is 12.1 Å². The van der Waals surface area contributed by atoms with E-state index in [0.717, 1.165) is 16.7 Å². The normalized spacial score (nSPS) is 12.9. The number of amides is 2. The highest BCUT2D eigenvalue weighted by atomic mass is 19.1. The zero-order chi connectivity index (χ0) is 20.1. The van der Waals surface area contributed by atoms with Gasteiger partial charge >= 0.3 is 0 Å². The van der Waals surface area contributed by atoms with E-state index >= 15 is 0 Å². The van der Waals surface area contributed by atoms with Gasteiger partial charge in [0.15, 0.2) is 11.5 Å². The molecule has 1 N–H and O–H groups in total. The summed E-state index contributed by atoms with van der Waals surface area (Å²) in [6.45, 7) is 1.23. The monoisotopic (exact) mass is 386 g/mol. The van der Waals surface area contributed by atoms with E-state index in [-0.39, 0.29) is 30.6 Å². The highest BCUT2D eigenvalue weighted by Crippen LogP contribution is 2.33. The average molecular weight is 386 g/mol. The lowest BCUT2D eigenvalue weighted by Gasteiger charge is -2.29. The van der Waals surface area contributed by atoms with Gasteiger partial charge in [0.05, 0.1) is 14.2 Å². The Kier molecular flexibility index (Phi) is 6.13. The van der Waals surface area contributed by atoms with Gasteiger partial charge in [0.2, 0.25) is 11.8 Å². The fourth-order valence-corrected chi connectivity index (χ4v) is 3.21. The Hall–Kier alpha value is -3.09. The van der Waals surface area contributed by atoms with E-state index in [4.69, 9.17) is 9.47 Å². The van der Waals surface area contributed by atoms with Gasteiger partial charge in [-0.3, -0.25) is 9.59 Å². The minimum atomic E-state index is -0.354. The molecule has 3 rings (SSSR count). The molecule has 28 heavy (non-hydrogen) atoms. The van der Waals surface area contributed by atoms with E-state index in [1.807, 2.05) is 12.1 Å². The number of nitrogens with zero attached hydrogens (tertiary/aromatic N) is 1. The maximum absolute atomic E-state index is 12.9. The van der Waals surface area contributed by atoms with Crippen LogP contribution in [0.25, 0.3) is 0 Å². The van der Waals surface area contributed by atoms with Crippen molar-refractivity contribution < 1.29 is 23.5 Å². The molecule has 1 aliphatic heterocycles. The molecule has 7 heteroatoms. The highest BCUT2D eigenvalue weighted by molar-refractivity contribution is 5.96. The Morgan fingerprint density at radius 1 is 1.07 bits per heavy atom. The van der Waals surface area contributed by atoms with Gasteiger partial charge in [0, 0.05) is 19.6 Å². The third-order valence-corrected chi connectivity index (χ3v) is 4.79. The molecule has 0 atom stereocenters. The van der Waals surface area contributed by atoms with Crippen molar-refractivity contribution in [2.24, 2.45) is 0 Å². The van der Waals surface area contributed by atoms with Crippen LogP contribution in [0.2, 0.25) is 0 Å². The molecular weight excluding hydrogens is 363 g/mol. The molecule has 0 aliphatic carbocycles. The van der Waals surface area contributed by atoms with Gasteiger partial charge in [0.1, 0.15) is 12.2 Å². The lowest BCUT2D eigenvalue weighted by Crippen LogP contribution is -2.38. The molecule has 1 aliphatic rings. The maximum Gasteiger partial charge on any atom is 0.232 e. The second-order valence-electron chi connectivity index (χ2n) is 6.62. The van der Waals surface area contributed by atoms with Gasteiger partial charge < -0.3 is 19.7 Å². The summed E-state index contributed by atoms with van der Waals surface area (Å²) in [4.78, 5) is 26.3. The lowest BCUT2D eigenvalue weighted by molar-refractivity contribution is -0.136. The number of carbonyl (C=O) groups excluding carboxylic acids is 2. The van der Waals surface area contributed by atoms with Crippen LogP contribution >= 0.6 is 0 Å². The Labute approximate surface area is 163 Å². The summed E-state index contributed by atoms with van der Waals surface area (Å²) < 4.78 is 23.6. The Morgan fingerprint density at radius 2 is 1.71 bits per heavy atom. The predicted octanol–water partition coefficient (Wildman–Crippen LogP) is 2.43. The van der Waals surface area contributed by atoms with Crippen molar-refractivity contribution in [3.05, 3.63) is 58.9 Å². The molecule has 0 radical (unpaired) electrons. The molecular formula is C21H23FN2O4. The molecule has 0 bridgehead atoms. The lowest BCUT2D eigenvalue weighted by atomic mass is 9.98. The molecule has 0 fully saturated rings. The largest absolute Gasteiger partial charge is 0.493 e. The van der Waals surface area contributed by atoms with Crippen molar-refractivity contribution >= 4 is 11.8 Å². The molecule has 0 saturated carbocycles. The smallest absolute Gasteiger partial charge is 0.232 e. The fraction of sp³-hybridized carbons (Fsp3) is 0.333. The number of ether oxygens (including phenoxy) is 2. The van der Waals surface area contributed by atoms with Gasteiger partial charge in [-0.25, -0.2) is 4.39 Å². The third-order valence-electron chi connectivity index (χ3n) is 4.79. The molecule has 6 nitrogen and oxygen atoms in total. The number of benzene rings is 2. The van der Waals surface area contributed by atoms with E-state index in [0.29, 0.717) is 31.0 Å². The fourth-order valence-electron chi connectivity index (χ4n) is 3.21. The number of rotatable bonds is 6. The first-order valence-corrected chi connectivity index (χ1v) is 9.03. The van der Waals surface area contributed by atoms with Crippen LogP contribution in [0.1, 0.15) is 23.1 Å². The van der Waals surface area contributed by atoms with Crippen molar-refractivity contribution in [1.82, 2.24) is 10.2 Å². The molecule has 0 aromatic heterocycles. The van der Waals surface area contributed by atoms with Crippen molar-refractivity contribution in [2.45, 2.75) is 25.9 Å². The first kappa shape index (κ1) is 19.7. The van der Waals surface area contributed by atoms with Crippen LogP contribution in [-0.2, 0) is 29.1 Å². The minimum Gasteiger partial charge on any atom is -0.493 e. The molecule has 1 heterocycles. The number of nitrogens with one attached hydrogen (secondary N) is 1. The van der Waals surface area contributed by atoms with Gasteiger partial charge in [0.25, 0.3) is 0 Å². The standard InChI is InChI=1S/C21H23FN2O4/c1-27-18-9-15-7-8-24(13-16(15)10-19(18)28-2)21(26)11-20(25)23-12-14-3-5-17(22)6-4-14/h3-6,9-10H,7-8,11-13H2,1-2H3,(H,23,25). The van der Waals surface area contributed by atoms with Crippen LogP contribution in [0.3, 0.4) is 0 Å². The third kappa shape index (κ3) is 4.60. The van der Waals surface area contributed by atoms with E-state index < -0.39 is 0 Å². The van der Waals surface area contributed by atoms with Crippen LogP contribution in [-0.4, -0.2) is 37.5 Å². The number of fused-ring (bicyclic) bond motifs is 1. The maximum atomic E-state index is 12.9. The average Bonchev–Trinajstić information content (AvgIpc) is 2.71. The Bertz CT molecular complexity index is 867. The van der Waals surface area contributed by atoms with E-state index in [1.54, 1.807) is 31.3 Å². The Morgan fingerprint density at radius 3 is 2.36 bits per heavy atom. The summed E-state index contributed by atoms with van der Waals surface area (Å²) >= 11 is 0. The molecule has 0 saturated heterocycles. The molecule has 148 valence electrons. The van der Waals surface area contributed by atoms with Crippen LogP contribution in [0.5, 0.6) is 11.5 Å². The van der Waals surface area contributed by atoms with Crippen molar-refractivity contribution in [2.75, 3.05) is 20.8 Å². The summed E-state index contributed by atoms with van der Waals surface area (Å²) in [5.41, 5.74) is 2.88. The van der Waals surface area contributed by atoms with E-state index in [9.17, 15) is 14.0 Å². The van der Waals surface area contributed by atoms with Crippen molar-refractivity contribution in [1.29, 1.82) is 0 Å². The summed E-state index contributed by atoms with van der Waals surface area (Å²) in [6, 6.07) is 9.68. The number of hydrogen-bond donors (Lipinski definition) is 1. The summed E-state index contributed by atoms with van der Waals surface area (Å²) in [7, 11) is 3.16. The van der Waals surface area contributed by atoms with Crippen LogP contribution in [0.15, 0.2) is 36.4 Å². The van der Waals surface area contributed by atoms with Crippen LogP contribution in [0.4, 0.5) is 4.39 Å². The molecule has 2 amide bonds. The van der Waals surface area contributed by atoms with Crippen LogP contribution < -0.4 is 14.8 Å². The van der Waals surface area contributed by atoms with Gasteiger partial charge in [-0.15, -0.1) is 0 Å². The summed E-state index contributed by atoms with van der Waals surface area (Å²) in [6.07, 6.45) is 0.475. The summed E-state index contributed by atoms with van der Waals surface area (Å²) in [5.74, 6) is 0.378. The van der Waals surface area contributed by atoms with Crippen molar-refractivity contribution in [3.63, 3.8) is 0 Å². The number of methoxy groups -OCH3 is 2. The second kappa shape index (κ2) is 8.73. The minimum absolute atomic E-state index is 0.218. The number of halogens is 1. The quantitative estimate of drug-likeness (QED) is 0.775. The molecule has 2 aromatic carbocycles. The van der Waals surface area contributed by atoms with Crippen molar-refractivity contribution in [3.8, 4) is 11.5 Å².